The fraction of sp³-hybridized carbons (Fsp3) is 0.273. The third-order valence-corrected chi connectivity index (χ3v) is 1.66. The smallest absolute Gasteiger partial charge is 0.659 e. The minimum Gasteiger partial charge on any atom is -0.659 e. The zero-order valence-corrected chi connectivity index (χ0v) is 8.24. The third-order valence-electron chi connectivity index (χ3n) is 1.66. The Hall–Kier alpha value is -0.483. The number of hydrogen-bond acceptors (Lipinski definition) is 0. The van der Waals surface area contributed by atoms with Crippen molar-refractivity contribution < 1.29 is 18.9 Å². The predicted molar refractivity (Wildman–Crippen MR) is 53.4 cm³/mol. The number of nitrogens with zero attached hydrogens (tertiary/aromatic N) is 1. The summed E-state index contributed by atoms with van der Waals surface area (Å²) in [5, 5.41) is 4.27. The predicted octanol–water partition coefficient (Wildman–Crippen LogP) is -0.207. The van der Waals surface area contributed by atoms with Gasteiger partial charge in [0.2, 0.25) is 0 Å². The Morgan fingerprint density at radius 1 is 1.23 bits per heavy atom. The molecule has 0 atom stereocenters. The molecule has 0 aliphatic carbocycles. The summed E-state index contributed by atoms with van der Waals surface area (Å²) < 4.78 is 0. The van der Waals surface area contributed by atoms with E-state index in [0.29, 0.717) is 0 Å². The Balaban J connectivity index is 0.00000144. The maximum atomic E-state index is 4.27. The Kier molecular flexibility index (Phi) is 7.83. The number of rotatable bonds is 5. The SMILES string of the molecule is C=CC[N-]CCc1ccccc1.[Li+]. The minimum absolute atomic E-state index is 0. The molecule has 0 spiro atoms. The van der Waals surface area contributed by atoms with Gasteiger partial charge in [-0.3, -0.25) is 0 Å². The second-order valence-corrected chi connectivity index (χ2v) is 2.65. The molecule has 0 fully saturated rings. The maximum absolute atomic E-state index is 4.27. The first-order chi connectivity index (χ1) is 5.93. The topological polar surface area (TPSA) is 14.1 Å². The van der Waals surface area contributed by atoms with Crippen LogP contribution in [-0.4, -0.2) is 13.1 Å². The monoisotopic (exact) mass is 167 g/mol. The van der Waals surface area contributed by atoms with Crippen LogP contribution in [0.2, 0.25) is 0 Å². The molecule has 13 heavy (non-hydrogen) atoms. The average molecular weight is 167 g/mol. The molecule has 0 amide bonds. The van der Waals surface area contributed by atoms with Crippen molar-refractivity contribution in [3.63, 3.8) is 0 Å². The van der Waals surface area contributed by atoms with Crippen LogP contribution in [0.3, 0.4) is 0 Å². The summed E-state index contributed by atoms with van der Waals surface area (Å²) in [5.74, 6) is 0. The Labute approximate surface area is 92.4 Å². The van der Waals surface area contributed by atoms with E-state index in [1.165, 1.54) is 5.56 Å². The van der Waals surface area contributed by atoms with Gasteiger partial charge in [0, 0.05) is 0 Å². The minimum atomic E-state index is 0. The van der Waals surface area contributed by atoms with Gasteiger partial charge in [-0.15, -0.1) is 25.7 Å². The zero-order valence-electron chi connectivity index (χ0n) is 8.24. The average Bonchev–Trinajstić information content (AvgIpc) is 2.14. The van der Waals surface area contributed by atoms with Crippen LogP contribution in [0.4, 0.5) is 0 Å². The van der Waals surface area contributed by atoms with Crippen molar-refractivity contribution in [1.29, 1.82) is 0 Å². The zero-order chi connectivity index (χ0) is 8.65. The first-order valence-corrected chi connectivity index (χ1v) is 4.21. The molecule has 0 aliphatic rings. The van der Waals surface area contributed by atoms with Crippen molar-refractivity contribution in [2.45, 2.75) is 6.42 Å². The Morgan fingerprint density at radius 3 is 2.54 bits per heavy atom. The van der Waals surface area contributed by atoms with Crippen LogP contribution < -0.4 is 18.9 Å². The molecule has 0 aromatic heterocycles. The van der Waals surface area contributed by atoms with E-state index < -0.39 is 0 Å². The number of benzene rings is 1. The van der Waals surface area contributed by atoms with Crippen LogP contribution in [0.1, 0.15) is 5.56 Å². The van der Waals surface area contributed by atoms with Gasteiger partial charge in [-0.05, 0) is 12.0 Å². The summed E-state index contributed by atoms with van der Waals surface area (Å²) in [6, 6.07) is 10.4. The van der Waals surface area contributed by atoms with Gasteiger partial charge in [0.05, 0.1) is 0 Å². The molecule has 0 aliphatic heterocycles. The van der Waals surface area contributed by atoms with E-state index in [2.05, 4.69) is 36.2 Å². The van der Waals surface area contributed by atoms with Gasteiger partial charge in [0.1, 0.15) is 0 Å². The van der Waals surface area contributed by atoms with Gasteiger partial charge in [0.15, 0.2) is 0 Å². The van der Waals surface area contributed by atoms with Crippen molar-refractivity contribution in [2.75, 3.05) is 13.1 Å². The van der Waals surface area contributed by atoms with E-state index in [-0.39, 0.29) is 18.9 Å². The molecule has 1 aromatic rings. The van der Waals surface area contributed by atoms with Crippen molar-refractivity contribution in [2.24, 2.45) is 0 Å². The van der Waals surface area contributed by atoms with Crippen LogP contribution in [0, 0.1) is 0 Å². The van der Waals surface area contributed by atoms with Gasteiger partial charge in [-0.2, -0.15) is 0 Å². The van der Waals surface area contributed by atoms with Gasteiger partial charge in [-0.25, -0.2) is 0 Å². The van der Waals surface area contributed by atoms with Crippen LogP contribution in [0.5, 0.6) is 0 Å². The quantitative estimate of drug-likeness (QED) is 0.327. The number of hydrogen-bond donors (Lipinski definition) is 0. The fourth-order valence-electron chi connectivity index (χ4n) is 1.04. The maximum Gasteiger partial charge on any atom is 1.00 e. The largest absolute Gasteiger partial charge is 1.00 e. The van der Waals surface area contributed by atoms with Crippen LogP contribution in [0.15, 0.2) is 43.0 Å². The van der Waals surface area contributed by atoms with Gasteiger partial charge >= 0.3 is 18.9 Å². The summed E-state index contributed by atoms with van der Waals surface area (Å²) in [7, 11) is 0. The molecule has 64 valence electrons. The molecule has 0 saturated carbocycles. The molecular formula is C11H14LiN. The molecule has 1 nitrogen and oxygen atoms in total. The fourth-order valence-corrected chi connectivity index (χ4v) is 1.04. The molecule has 1 aromatic carbocycles. The molecular weight excluding hydrogens is 153 g/mol. The Bertz CT molecular complexity index is 221. The van der Waals surface area contributed by atoms with Crippen molar-refractivity contribution in [3.8, 4) is 0 Å². The molecule has 2 heteroatoms. The molecule has 0 heterocycles. The van der Waals surface area contributed by atoms with E-state index in [1.54, 1.807) is 0 Å². The molecule has 1 rings (SSSR count). The van der Waals surface area contributed by atoms with E-state index in [4.69, 9.17) is 0 Å². The van der Waals surface area contributed by atoms with Gasteiger partial charge in [0.25, 0.3) is 0 Å². The first kappa shape index (κ1) is 12.5. The van der Waals surface area contributed by atoms with Crippen molar-refractivity contribution in [1.82, 2.24) is 0 Å². The Morgan fingerprint density at radius 2 is 1.92 bits per heavy atom. The van der Waals surface area contributed by atoms with Crippen LogP contribution in [0.25, 0.3) is 5.32 Å². The summed E-state index contributed by atoms with van der Waals surface area (Å²) in [4.78, 5) is 0. The van der Waals surface area contributed by atoms with Crippen LogP contribution in [-0.2, 0) is 6.42 Å². The van der Waals surface area contributed by atoms with Crippen molar-refractivity contribution in [3.05, 3.63) is 53.9 Å². The van der Waals surface area contributed by atoms with E-state index in [1.807, 2.05) is 12.1 Å². The molecule has 0 saturated heterocycles. The van der Waals surface area contributed by atoms with Crippen molar-refractivity contribution >= 4 is 0 Å². The molecule has 0 N–H and O–H groups in total. The summed E-state index contributed by atoms with van der Waals surface area (Å²) >= 11 is 0. The van der Waals surface area contributed by atoms with Gasteiger partial charge in [-0.1, -0.05) is 30.3 Å². The normalized spacial score (nSPS) is 8.92. The second kappa shape index (κ2) is 8.13. The third kappa shape index (κ3) is 5.71. The van der Waals surface area contributed by atoms with E-state index in [9.17, 15) is 0 Å². The summed E-state index contributed by atoms with van der Waals surface area (Å²) in [6.07, 6.45) is 2.86. The van der Waals surface area contributed by atoms with Crippen LogP contribution >= 0.6 is 0 Å². The van der Waals surface area contributed by atoms with Gasteiger partial charge < -0.3 is 5.32 Å². The molecule has 0 unspecified atom stereocenters. The molecule has 0 radical (unpaired) electrons. The van der Waals surface area contributed by atoms with E-state index >= 15 is 0 Å². The second-order valence-electron chi connectivity index (χ2n) is 2.65. The standard InChI is InChI=1S/C11H14N.Li/c1-2-9-12-10-8-11-6-4-3-5-7-11;/h2-7H,1,8-10H2;/q-1;+1. The summed E-state index contributed by atoms with van der Waals surface area (Å²) in [6.45, 7) is 5.28. The summed E-state index contributed by atoms with van der Waals surface area (Å²) in [5.41, 5.74) is 1.35. The van der Waals surface area contributed by atoms with E-state index in [0.717, 1.165) is 19.5 Å². The first-order valence-electron chi connectivity index (χ1n) is 4.21. The molecule has 0 bridgehead atoms.